The molecule has 1 heterocycles. The Morgan fingerprint density at radius 1 is 1.50 bits per heavy atom. The topological polar surface area (TPSA) is 29.1 Å². The minimum Gasteiger partial charge on any atom is -0.382 e. The van der Waals surface area contributed by atoms with E-state index in [9.17, 15) is 4.79 Å². The lowest BCUT2D eigenvalue weighted by Gasteiger charge is -2.24. The number of hydrogen-bond donors (Lipinski definition) is 1. The van der Waals surface area contributed by atoms with Crippen molar-refractivity contribution in [2.75, 3.05) is 5.32 Å². The number of nitrogens with one attached hydrogen (secondary N) is 1. The first-order valence-electron chi connectivity index (χ1n) is 6.03. The van der Waals surface area contributed by atoms with Gasteiger partial charge in [0.05, 0.1) is 0 Å². The molecular weight excluding hydrogens is 198 g/mol. The fourth-order valence-electron chi connectivity index (χ4n) is 2.16. The van der Waals surface area contributed by atoms with Crippen LogP contribution < -0.4 is 5.32 Å². The van der Waals surface area contributed by atoms with E-state index in [0.29, 0.717) is 12.5 Å². The van der Waals surface area contributed by atoms with Gasteiger partial charge in [0.25, 0.3) is 0 Å². The summed E-state index contributed by atoms with van der Waals surface area (Å²) in [5.41, 5.74) is 3.93. The minimum absolute atomic E-state index is 0.263. The SMILES string of the molecule is CC(=O)CCc1ccc2c(c1)N[C@@H](C)CC2. The summed E-state index contributed by atoms with van der Waals surface area (Å²) >= 11 is 0. The van der Waals surface area contributed by atoms with Gasteiger partial charge < -0.3 is 10.1 Å². The molecule has 1 aliphatic rings. The van der Waals surface area contributed by atoms with E-state index in [1.165, 1.54) is 23.2 Å². The van der Waals surface area contributed by atoms with Crippen LogP contribution in [-0.2, 0) is 17.6 Å². The molecule has 2 nitrogen and oxygen atoms in total. The van der Waals surface area contributed by atoms with E-state index < -0.39 is 0 Å². The summed E-state index contributed by atoms with van der Waals surface area (Å²) in [7, 11) is 0. The van der Waals surface area contributed by atoms with Crippen molar-refractivity contribution in [3.63, 3.8) is 0 Å². The molecule has 0 saturated heterocycles. The molecule has 2 heteroatoms. The van der Waals surface area contributed by atoms with Gasteiger partial charge in [0.15, 0.2) is 0 Å². The van der Waals surface area contributed by atoms with E-state index in [1.807, 2.05) is 0 Å². The van der Waals surface area contributed by atoms with E-state index in [1.54, 1.807) is 6.92 Å². The molecule has 0 unspecified atom stereocenters. The minimum atomic E-state index is 0.263. The molecule has 2 rings (SSSR count). The summed E-state index contributed by atoms with van der Waals surface area (Å²) in [6.07, 6.45) is 3.88. The van der Waals surface area contributed by atoms with Crippen molar-refractivity contribution in [2.45, 2.75) is 45.6 Å². The highest BCUT2D eigenvalue weighted by atomic mass is 16.1. The number of anilines is 1. The Kier molecular flexibility index (Phi) is 3.28. The molecule has 0 spiro atoms. The maximum atomic E-state index is 10.9. The quantitative estimate of drug-likeness (QED) is 0.843. The third-order valence-electron chi connectivity index (χ3n) is 3.19. The molecule has 0 aromatic heterocycles. The van der Waals surface area contributed by atoms with Gasteiger partial charge >= 0.3 is 0 Å². The Hall–Kier alpha value is -1.31. The molecule has 1 aromatic rings. The average Bonchev–Trinajstić information content (AvgIpc) is 2.25. The van der Waals surface area contributed by atoms with Crippen molar-refractivity contribution in [3.05, 3.63) is 29.3 Å². The number of benzene rings is 1. The van der Waals surface area contributed by atoms with E-state index in [0.717, 1.165) is 12.8 Å². The highest BCUT2D eigenvalue weighted by molar-refractivity contribution is 5.75. The van der Waals surface area contributed by atoms with Crippen LogP contribution in [-0.4, -0.2) is 11.8 Å². The number of hydrogen-bond acceptors (Lipinski definition) is 2. The molecule has 0 saturated carbocycles. The molecule has 0 radical (unpaired) electrons. The molecule has 0 fully saturated rings. The Morgan fingerprint density at radius 3 is 3.06 bits per heavy atom. The molecule has 1 atom stereocenters. The molecule has 1 N–H and O–H groups in total. The fourth-order valence-corrected chi connectivity index (χ4v) is 2.16. The van der Waals surface area contributed by atoms with E-state index >= 15 is 0 Å². The van der Waals surface area contributed by atoms with Crippen molar-refractivity contribution < 1.29 is 4.79 Å². The number of Topliss-reactive ketones (excluding diaryl/α,β-unsaturated/α-hetero) is 1. The lowest BCUT2D eigenvalue weighted by molar-refractivity contribution is -0.116. The van der Waals surface area contributed by atoms with Crippen molar-refractivity contribution in [3.8, 4) is 0 Å². The number of carbonyl (C=O) groups excluding carboxylic acids is 1. The number of fused-ring (bicyclic) bond motifs is 1. The van der Waals surface area contributed by atoms with Crippen LogP contribution in [0.5, 0.6) is 0 Å². The van der Waals surface area contributed by atoms with E-state index in [2.05, 4.69) is 30.4 Å². The van der Waals surface area contributed by atoms with Gasteiger partial charge in [-0.1, -0.05) is 12.1 Å². The van der Waals surface area contributed by atoms with Crippen molar-refractivity contribution in [1.29, 1.82) is 0 Å². The largest absolute Gasteiger partial charge is 0.382 e. The summed E-state index contributed by atoms with van der Waals surface area (Å²) in [4.78, 5) is 10.9. The highest BCUT2D eigenvalue weighted by Crippen LogP contribution is 2.26. The Morgan fingerprint density at radius 2 is 2.31 bits per heavy atom. The predicted octanol–water partition coefficient (Wildman–Crippen LogP) is 2.95. The molecule has 0 bridgehead atoms. The molecule has 16 heavy (non-hydrogen) atoms. The van der Waals surface area contributed by atoms with E-state index in [4.69, 9.17) is 0 Å². The number of carbonyl (C=O) groups is 1. The number of rotatable bonds is 3. The second kappa shape index (κ2) is 4.69. The van der Waals surface area contributed by atoms with Crippen LogP contribution in [0.3, 0.4) is 0 Å². The van der Waals surface area contributed by atoms with Crippen LogP contribution in [0.1, 0.15) is 37.8 Å². The van der Waals surface area contributed by atoms with Gasteiger partial charge in [0.2, 0.25) is 0 Å². The van der Waals surface area contributed by atoms with Gasteiger partial charge in [-0.2, -0.15) is 0 Å². The van der Waals surface area contributed by atoms with Gasteiger partial charge in [-0.05, 0) is 50.3 Å². The second-order valence-electron chi connectivity index (χ2n) is 4.78. The zero-order chi connectivity index (χ0) is 11.5. The maximum Gasteiger partial charge on any atom is 0.130 e. The van der Waals surface area contributed by atoms with Crippen LogP contribution in [0, 0.1) is 0 Å². The van der Waals surface area contributed by atoms with Crippen LogP contribution in [0.2, 0.25) is 0 Å². The zero-order valence-electron chi connectivity index (χ0n) is 10.0. The Balaban J connectivity index is 2.11. The monoisotopic (exact) mass is 217 g/mol. The summed E-state index contributed by atoms with van der Waals surface area (Å²) in [5, 5.41) is 3.50. The van der Waals surface area contributed by atoms with Gasteiger partial charge in [-0.15, -0.1) is 0 Å². The Bertz CT molecular complexity index is 398. The third-order valence-corrected chi connectivity index (χ3v) is 3.19. The van der Waals surface area contributed by atoms with Crippen LogP contribution in [0.25, 0.3) is 0 Å². The van der Waals surface area contributed by atoms with Crippen LogP contribution in [0.4, 0.5) is 5.69 Å². The molecular formula is C14H19NO. The lowest BCUT2D eigenvalue weighted by atomic mass is 9.96. The molecule has 0 aliphatic carbocycles. The lowest BCUT2D eigenvalue weighted by Crippen LogP contribution is -2.21. The van der Waals surface area contributed by atoms with Gasteiger partial charge in [-0.3, -0.25) is 0 Å². The van der Waals surface area contributed by atoms with Gasteiger partial charge in [0.1, 0.15) is 5.78 Å². The van der Waals surface area contributed by atoms with Crippen LogP contribution >= 0.6 is 0 Å². The fraction of sp³-hybridized carbons (Fsp3) is 0.500. The first kappa shape index (κ1) is 11.2. The average molecular weight is 217 g/mol. The van der Waals surface area contributed by atoms with Crippen molar-refractivity contribution in [1.82, 2.24) is 0 Å². The van der Waals surface area contributed by atoms with Gasteiger partial charge in [0, 0.05) is 18.2 Å². The molecule has 1 aromatic carbocycles. The summed E-state index contributed by atoms with van der Waals surface area (Å²) in [5.74, 6) is 0.263. The summed E-state index contributed by atoms with van der Waals surface area (Å²) in [6, 6.07) is 7.12. The smallest absolute Gasteiger partial charge is 0.130 e. The summed E-state index contributed by atoms with van der Waals surface area (Å²) in [6.45, 7) is 3.86. The standard InChI is InChI=1S/C14H19NO/c1-10-3-7-13-8-6-12(5-4-11(2)16)9-14(13)15-10/h6,8-10,15H,3-5,7H2,1-2H3/t10-/m0/s1. The van der Waals surface area contributed by atoms with Crippen molar-refractivity contribution in [2.24, 2.45) is 0 Å². The highest BCUT2D eigenvalue weighted by Gasteiger charge is 2.13. The van der Waals surface area contributed by atoms with E-state index in [-0.39, 0.29) is 5.78 Å². The predicted molar refractivity (Wildman–Crippen MR) is 66.8 cm³/mol. The first-order chi connectivity index (χ1) is 7.65. The summed E-state index contributed by atoms with van der Waals surface area (Å²) < 4.78 is 0. The molecule has 0 amide bonds. The second-order valence-corrected chi connectivity index (χ2v) is 4.78. The molecule has 86 valence electrons. The normalized spacial score (nSPS) is 18.8. The Labute approximate surface area is 97.1 Å². The van der Waals surface area contributed by atoms with Gasteiger partial charge in [-0.25, -0.2) is 0 Å². The molecule has 1 aliphatic heterocycles. The zero-order valence-corrected chi connectivity index (χ0v) is 10.0. The third kappa shape index (κ3) is 2.63. The van der Waals surface area contributed by atoms with Crippen molar-refractivity contribution >= 4 is 11.5 Å². The number of ketones is 1. The first-order valence-corrected chi connectivity index (χ1v) is 6.03. The number of aryl methyl sites for hydroxylation is 2. The van der Waals surface area contributed by atoms with Crippen LogP contribution in [0.15, 0.2) is 18.2 Å². The maximum absolute atomic E-state index is 10.9.